The van der Waals surface area contributed by atoms with Gasteiger partial charge in [-0.05, 0) is 32.9 Å². The number of nitrogens with zero attached hydrogens (tertiary/aromatic N) is 2. The van der Waals surface area contributed by atoms with Crippen molar-refractivity contribution in [2.75, 3.05) is 27.8 Å². The summed E-state index contributed by atoms with van der Waals surface area (Å²) in [5.41, 5.74) is 1.02. The van der Waals surface area contributed by atoms with E-state index in [4.69, 9.17) is 4.74 Å². The van der Waals surface area contributed by atoms with Crippen LogP contribution in [0.4, 0.5) is 0 Å². The van der Waals surface area contributed by atoms with Crippen molar-refractivity contribution < 1.29 is 13.2 Å². The van der Waals surface area contributed by atoms with Crippen LogP contribution in [0.15, 0.2) is 17.2 Å². The van der Waals surface area contributed by atoms with Gasteiger partial charge in [-0.15, -0.1) is 0 Å². The molecule has 2 rings (SSSR count). The molecule has 1 aromatic rings. The van der Waals surface area contributed by atoms with Gasteiger partial charge in [0.25, 0.3) is 0 Å². The predicted molar refractivity (Wildman–Crippen MR) is 81.8 cm³/mol. The zero-order valence-corrected chi connectivity index (χ0v) is 14.0. The molecule has 7 heteroatoms. The number of nitrogens with one attached hydrogen (secondary N) is 1. The second-order valence-corrected chi connectivity index (χ2v) is 7.66. The van der Waals surface area contributed by atoms with E-state index in [1.807, 2.05) is 14.0 Å². The highest BCUT2D eigenvalue weighted by Crippen LogP contribution is 2.37. The third kappa shape index (κ3) is 3.48. The summed E-state index contributed by atoms with van der Waals surface area (Å²) >= 11 is 0. The first-order valence-electron chi connectivity index (χ1n) is 7.24. The number of likely N-dealkylation sites (N-methyl/N-ethyl adjacent to an activating group) is 1. The third-order valence-electron chi connectivity index (χ3n) is 3.91. The Hall–Kier alpha value is -0.890. The van der Waals surface area contributed by atoms with E-state index in [1.54, 1.807) is 26.4 Å². The monoisotopic (exact) mass is 315 g/mol. The first kappa shape index (κ1) is 16.5. The minimum absolute atomic E-state index is 0.197. The second-order valence-electron chi connectivity index (χ2n) is 5.66. The van der Waals surface area contributed by atoms with Crippen LogP contribution in [0.5, 0.6) is 0 Å². The summed E-state index contributed by atoms with van der Waals surface area (Å²) in [5, 5.41) is 3.09. The van der Waals surface area contributed by atoms with E-state index in [9.17, 15) is 8.42 Å². The minimum Gasteiger partial charge on any atom is -0.383 e. The molecule has 0 aromatic carbocycles. The maximum atomic E-state index is 12.7. The van der Waals surface area contributed by atoms with Crippen molar-refractivity contribution in [3.05, 3.63) is 18.0 Å². The van der Waals surface area contributed by atoms with Gasteiger partial charge in [-0.3, -0.25) is 0 Å². The summed E-state index contributed by atoms with van der Waals surface area (Å²) in [6.07, 6.45) is 4.03. The van der Waals surface area contributed by atoms with Crippen LogP contribution in [0.25, 0.3) is 0 Å². The maximum Gasteiger partial charge on any atom is 0.244 e. The normalized spacial score (nSPS) is 17.4. The van der Waals surface area contributed by atoms with Gasteiger partial charge in [0.15, 0.2) is 0 Å². The topological polar surface area (TPSA) is 63.6 Å². The lowest BCUT2D eigenvalue weighted by Gasteiger charge is -2.23. The van der Waals surface area contributed by atoms with E-state index in [2.05, 4.69) is 9.88 Å². The minimum atomic E-state index is -3.48. The van der Waals surface area contributed by atoms with Gasteiger partial charge in [0.1, 0.15) is 4.90 Å². The van der Waals surface area contributed by atoms with Crippen LogP contribution < -0.4 is 5.32 Å². The van der Waals surface area contributed by atoms with Gasteiger partial charge in [-0.1, -0.05) is 0 Å². The standard InChI is InChI=1S/C14H25N3O3S/c1-11(10-20-4)16(3)21(18,19)14-7-13(8-15-2)17(9-14)12-5-6-12/h7,9,11-12,15H,5-6,8,10H2,1-4H3. The molecule has 1 aromatic heterocycles. The zero-order chi connectivity index (χ0) is 15.6. The number of hydrogen-bond acceptors (Lipinski definition) is 4. The van der Waals surface area contributed by atoms with E-state index in [-0.39, 0.29) is 6.04 Å². The predicted octanol–water partition coefficient (Wildman–Crippen LogP) is 1.20. The van der Waals surface area contributed by atoms with Crippen LogP contribution in [-0.4, -0.2) is 51.1 Å². The number of aromatic nitrogens is 1. The second kappa shape index (κ2) is 6.48. The highest BCUT2D eigenvalue weighted by molar-refractivity contribution is 7.89. The van der Waals surface area contributed by atoms with Crippen molar-refractivity contribution in [2.24, 2.45) is 0 Å². The fourth-order valence-electron chi connectivity index (χ4n) is 2.40. The van der Waals surface area contributed by atoms with Crippen LogP contribution in [0, 0.1) is 0 Å². The Labute approximate surface area is 127 Å². The van der Waals surface area contributed by atoms with Crippen LogP contribution in [0.3, 0.4) is 0 Å². The molecule has 1 atom stereocenters. The number of hydrogen-bond donors (Lipinski definition) is 1. The van der Waals surface area contributed by atoms with Gasteiger partial charge in [0.05, 0.1) is 6.61 Å². The molecule has 1 N–H and O–H groups in total. The van der Waals surface area contributed by atoms with Crippen molar-refractivity contribution in [1.82, 2.24) is 14.2 Å². The van der Waals surface area contributed by atoms with E-state index in [0.717, 1.165) is 18.5 Å². The molecule has 0 saturated heterocycles. The SMILES string of the molecule is CNCc1cc(S(=O)(=O)N(C)C(C)COC)cn1C1CC1. The maximum absolute atomic E-state index is 12.7. The first-order valence-corrected chi connectivity index (χ1v) is 8.68. The zero-order valence-electron chi connectivity index (χ0n) is 13.2. The molecule has 6 nitrogen and oxygen atoms in total. The summed E-state index contributed by atoms with van der Waals surface area (Å²) in [4.78, 5) is 0.366. The molecule has 1 aliphatic carbocycles. The summed E-state index contributed by atoms with van der Waals surface area (Å²) in [5.74, 6) is 0. The molecule has 1 fully saturated rings. The Kier molecular flexibility index (Phi) is 5.08. The van der Waals surface area contributed by atoms with Crippen molar-refractivity contribution in [3.8, 4) is 0 Å². The van der Waals surface area contributed by atoms with Gasteiger partial charge in [0, 0.05) is 44.7 Å². The molecule has 1 heterocycles. The molecule has 0 aliphatic heterocycles. The Morgan fingerprint density at radius 3 is 2.71 bits per heavy atom. The largest absolute Gasteiger partial charge is 0.383 e. The number of methoxy groups -OCH3 is 1. The van der Waals surface area contributed by atoms with Gasteiger partial charge in [0.2, 0.25) is 10.0 Å². The van der Waals surface area contributed by atoms with Gasteiger partial charge in [-0.2, -0.15) is 4.31 Å². The molecule has 0 amide bonds. The Morgan fingerprint density at radius 1 is 1.52 bits per heavy atom. The molecule has 0 spiro atoms. The summed E-state index contributed by atoms with van der Waals surface area (Å²) < 4.78 is 33.9. The lowest BCUT2D eigenvalue weighted by atomic mass is 10.4. The van der Waals surface area contributed by atoms with Gasteiger partial charge < -0.3 is 14.6 Å². The first-order chi connectivity index (χ1) is 9.91. The van der Waals surface area contributed by atoms with Crippen LogP contribution >= 0.6 is 0 Å². The number of rotatable bonds is 8. The molecule has 1 saturated carbocycles. The van der Waals surface area contributed by atoms with E-state index in [0.29, 0.717) is 24.1 Å². The molecule has 1 aliphatic rings. The van der Waals surface area contributed by atoms with Gasteiger partial charge in [-0.25, -0.2) is 8.42 Å². The fraction of sp³-hybridized carbons (Fsp3) is 0.714. The Balaban J connectivity index is 2.29. The third-order valence-corrected chi connectivity index (χ3v) is 5.85. The van der Waals surface area contributed by atoms with E-state index in [1.165, 1.54) is 4.31 Å². The number of sulfonamides is 1. The Morgan fingerprint density at radius 2 is 2.19 bits per heavy atom. The van der Waals surface area contributed by atoms with Crippen molar-refractivity contribution in [1.29, 1.82) is 0 Å². The highest BCUT2D eigenvalue weighted by Gasteiger charge is 2.31. The van der Waals surface area contributed by atoms with Crippen LogP contribution in [0.1, 0.15) is 31.5 Å². The summed E-state index contributed by atoms with van der Waals surface area (Å²) in [6.45, 7) is 2.89. The molecule has 0 radical (unpaired) electrons. The van der Waals surface area contributed by atoms with Crippen LogP contribution in [0.2, 0.25) is 0 Å². The fourth-order valence-corrected chi connectivity index (χ4v) is 3.80. The van der Waals surface area contributed by atoms with Gasteiger partial charge >= 0.3 is 0 Å². The highest BCUT2D eigenvalue weighted by atomic mass is 32.2. The molecular formula is C14H25N3O3S. The van der Waals surface area contributed by atoms with Crippen molar-refractivity contribution in [2.45, 2.75) is 43.3 Å². The van der Waals surface area contributed by atoms with Crippen LogP contribution in [-0.2, 0) is 21.3 Å². The molecule has 21 heavy (non-hydrogen) atoms. The summed E-state index contributed by atoms with van der Waals surface area (Å²) in [7, 11) is 1.56. The molecule has 0 bridgehead atoms. The quantitative estimate of drug-likeness (QED) is 0.783. The van der Waals surface area contributed by atoms with E-state index < -0.39 is 10.0 Å². The summed E-state index contributed by atoms with van der Waals surface area (Å²) in [6, 6.07) is 2.04. The van der Waals surface area contributed by atoms with E-state index >= 15 is 0 Å². The lowest BCUT2D eigenvalue weighted by molar-refractivity contribution is 0.149. The lowest BCUT2D eigenvalue weighted by Crippen LogP contribution is -2.37. The molecule has 1 unspecified atom stereocenters. The average molecular weight is 315 g/mol. The average Bonchev–Trinajstić information content (AvgIpc) is 3.19. The Bertz CT molecular complexity index is 578. The molecular weight excluding hydrogens is 290 g/mol. The van der Waals surface area contributed by atoms with Crippen molar-refractivity contribution in [3.63, 3.8) is 0 Å². The number of ether oxygens (including phenoxy) is 1. The smallest absolute Gasteiger partial charge is 0.244 e. The van der Waals surface area contributed by atoms with Crippen molar-refractivity contribution >= 4 is 10.0 Å². The molecule has 120 valence electrons.